The number of nitrogens with one attached hydrogen (secondary N) is 2. The van der Waals surface area contributed by atoms with Gasteiger partial charge < -0.3 is 15.5 Å². The summed E-state index contributed by atoms with van der Waals surface area (Å²) in [5.74, 6) is -1.42. The fourth-order valence-corrected chi connectivity index (χ4v) is 3.11. The van der Waals surface area contributed by atoms with Gasteiger partial charge in [0.2, 0.25) is 0 Å². The van der Waals surface area contributed by atoms with E-state index in [0.29, 0.717) is 18.8 Å². The summed E-state index contributed by atoms with van der Waals surface area (Å²) in [6.07, 6.45) is 2.58. The fourth-order valence-electron chi connectivity index (χ4n) is 3.11. The van der Waals surface area contributed by atoms with Gasteiger partial charge in [-0.15, -0.1) is 0 Å². The summed E-state index contributed by atoms with van der Waals surface area (Å²) < 4.78 is 26.4. The molecule has 2 heterocycles. The molecule has 0 saturated carbocycles. The van der Waals surface area contributed by atoms with Crippen molar-refractivity contribution in [3.63, 3.8) is 0 Å². The molecule has 2 aromatic rings. The lowest BCUT2D eigenvalue weighted by Crippen LogP contribution is -2.40. The molecule has 26 heavy (non-hydrogen) atoms. The minimum atomic E-state index is -0.843. The highest BCUT2D eigenvalue weighted by Crippen LogP contribution is 2.25. The molecule has 3 rings (SSSR count). The number of hydrogen-bond acceptors (Lipinski definition) is 3. The molecular formula is C19H22F2N4O. The molecule has 7 heteroatoms. The van der Waals surface area contributed by atoms with Crippen LogP contribution in [-0.4, -0.2) is 30.6 Å². The van der Waals surface area contributed by atoms with Gasteiger partial charge in [-0.05, 0) is 43.5 Å². The highest BCUT2D eigenvalue weighted by atomic mass is 19.2. The molecule has 1 aromatic carbocycles. The zero-order valence-electron chi connectivity index (χ0n) is 14.6. The highest BCUT2D eigenvalue weighted by molar-refractivity contribution is 5.74. The monoisotopic (exact) mass is 360 g/mol. The summed E-state index contributed by atoms with van der Waals surface area (Å²) in [6.45, 7) is 3.85. The summed E-state index contributed by atoms with van der Waals surface area (Å²) >= 11 is 0. The number of rotatable bonds is 5. The number of hydrogen-bond donors (Lipinski definition) is 2. The SMILES string of the molecule is CC(NC(=O)NCC1CCN(c2ccc(F)c(F)c2)C1)c1ccccn1. The second-order valence-electron chi connectivity index (χ2n) is 6.53. The van der Waals surface area contributed by atoms with E-state index in [4.69, 9.17) is 0 Å². The van der Waals surface area contributed by atoms with E-state index in [2.05, 4.69) is 15.6 Å². The number of carbonyl (C=O) groups excluding carboxylic acids is 1. The van der Waals surface area contributed by atoms with Crippen LogP contribution in [0, 0.1) is 17.6 Å². The van der Waals surface area contributed by atoms with Gasteiger partial charge in [0.05, 0.1) is 11.7 Å². The molecule has 2 unspecified atom stereocenters. The molecule has 1 aliphatic heterocycles. The molecule has 2 N–H and O–H groups in total. The van der Waals surface area contributed by atoms with Crippen molar-refractivity contribution in [3.05, 3.63) is 59.9 Å². The van der Waals surface area contributed by atoms with E-state index >= 15 is 0 Å². The molecule has 1 saturated heterocycles. The second-order valence-corrected chi connectivity index (χ2v) is 6.53. The van der Waals surface area contributed by atoms with Crippen LogP contribution in [0.2, 0.25) is 0 Å². The first-order valence-electron chi connectivity index (χ1n) is 8.68. The zero-order valence-corrected chi connectivity index (χ0v) is 14.6. The summed E-state index contributed by atoms with van der Waals surface area (Å²) in [4.78, 5) is 18.3. The Balaban J connectivity index is 1.45. The van der Waals surface area contributed by atoms with E-state index in [1.165, 1.54) is 6.07 Å². The van der Waals surface area contributed by atoms with E-state index in [-0.39, 0.29) is 18.0 Å². The van der Waals surface area contributed by atoms with Gasteiger partial charge in [-0.3, -0.25) is 4.98 Å². The molecule has 0 bridgehead atoms. The normalized spacial score (nSPS) is 17.8. The van der Waals surface area contributed by atoms with Crippen molar-refractivity contribution in [2.45, 2.75) is 19.4 Å². The molecule has 1 aliphatic rings. The van der Waals surface area contributed by atoms with E-state index in [1.54, 1.807) is 12.3 Å². The van der Waals surface area contributed by atoms with Crippen molar-refractivity contribution in [2.24, 2.45) is 5.92 Å². The van der Waals surface area contributed by atoms with Crippen LogP contribution in [0.15, 0.2) is 42.6 Å². The average molecular weight is 360 g/mol. The second kappa shape index (κ2) is 8.12. The number of anilines is 1. The Morgan fingerprint density at radius 2 is 2.15 bits per heavy atom. The Morgan fingerprint density at radius 3 is 2.88 bits per heavy atom. The van der Waals surface area contributed by atoms with Crippen LogP contribution in [0.25, 0.3) is 0 Å². The van der Waals surface area contributed by atoms with Gasteiger partial charge in [-0.25, -0.2) is 13.6 Å². The Morgan fingerprint density at radius 1 is 1.31 bits per heavy atom. The van der Waals surface area contributed by atoms with Gasteiger partial charge in [0.15, 0.2) is 11.6 Å². The summed E-state index contributed by atoms with van der Waals surface area (Å²) in [7, 11) is 0. The Labute approximate surface area is 151 Å². The van der Waals surface area contributed by atoms with Gasteiger partial charge in [0, 0.05) is 37.6 Å². The predicted octanol–water partition coefficient (Wildman–Crippen LogP) is 3.25. The molecule has 0 aliphatic carbocycles. The van der Waals surface area contributed by atoms with Crippen LogP contribution in [0.1, 0.15) is 25.1 Å². The lowest BCUT2D eigenvalue weighted by molar-refractivity contribution is 0.236. The van der Waals surface area contributed by atoms with Crippen LogP contribution < -0.4 is 15.5 Å². The Kier molecular flexibility index (Phi) is 5.65. The van der Waals surface area contributed by atoms with E-state index < -0.39 is 11.6 Å². The maximum absolute atomic E-state index is 13.4. The molecule has 0 spiro atoms. The minimum absolute atomic E-state index is 0.182. The number of pyridine rings is 1. The topological polar surface area (TPSA) is 57.3 Å². The first-order valence-corrected chi connectivity index (χ1v) is 8.68. The summed E-state index contributed by atoms with van der Waals surface area (Å²) in [6, 6.07) is 9.08. The molecule has 1 fully saturated rings. The van der Waals surface area contributed by atoms with Crippen LogP contribution in [0.3, 0.4) is 0 Å². The number of nitrogens with zero attached hydrogens (tertiary/aromatic N) is 2. The summed E-state index contributed by atoms with van der Waals surface area (Å²) in [5.41, 5.74) is 1.47. The van der Waals surface area contributed by atoms with Crippen molar-refractivity contribution in [1.82, 2.24) is 15.6 Å². The van der Waals surface area contributed by atoms with Crippen LogP contribution in [0.5, 0.6) is 0 Å². The standard InChI is InChI=1S/C19H22F2N4O/c1-13(18-4-2-3-8-22-18)24-19(26)23-11-14-7-9-25(12-14)15-5-6-16(20)17(21)10-15/h2-6,8,10,13-14H,7,9,11-12H2,1H3,(H2,23,24,26). The molecule has 2 amide bonds. The third-order valence-corrected chi connectivity index (χ3v) is 4.58. The number of amides is 2. The van der Waals surface area contributed by atoms with Crippen molar-refractivity contribution in [1.29, 1.82) is 0 Å². The lowest BCUT2D eigenvalue weighted by atomic mass is 10.1. The Hall–Kier alpha value is -2.70. The average Bonchev–Trinajstić information content (AvgIpc) is 3.12. The van der Waals surface area contributed by atoms with Crippen molar-refractivity contribution < 1.29 is 13.6 Å². The Bertz CT molecular complexity index is 756. The first-order chi connectivity index (χ1) is 12.5. The highest BCUT2D eigenvalue weighted by Gasteiger charge is 2.24. The molecule has 0 radical (unpaired) electrons. The van der Waals surface area contributed by atoms with Gasteiger partial charge in [-0.2, -0.15) is 0 Å². The van der Waals surface area contributed by atoms with Gasteiger partial charge >= 0.3 is 6.03 Å². The van der Waals surface area contributed by atoms with Gasteiger partial charge in [0.1, 0.15) is 0 Å². The quantitative estimate of drug-likeness (QED) is 0.861. The molecule has 138 valence electrons. The molecule has 5 nitrogen and oxygen atoms in total. The number of benzene rings is 1. The molecular weight excluding hydrogens is 338 g/mol. The van der Waals surface area contributed by atoms with Crippen LogP contribution in [0.4, 0.5) is 19.3 Å². The first kappa shape index (κ1) is 18.1. The minimum Gasteiger partial charge on any atom is -0.371 e. The maximum Gasteiger partial charge on any atom is 0.315 e. The van der Waals surface area contributed by atoms with Crippen molar-refractivity contribution in [3.8, 4) is 0 Å². The third kappa shape index (κ3) is 4.47. The van der Waals surface area contributed by atoms with Gasteiger partial charge in [-0.1, -0.05) is 6.07 Å². The van der Waals surface area contributed by atoms with Crippen molar-refractivity contribution in [2.75, 3.05) is 24.5 Å². The number of halogens is 2. The van der Waals surface area contributed by atoms with E-state index in [9.17, 15) is 13.6 Å². The van der Waals surface area contributed by atoms with Crippen LogP contribution in [-0.2, 0) is 0 Å². The predicted molar refractivity (Wildman–Crippen MR) is 95.9 cm³/mol. The van der Waals surface area contributed by atoms with Gasteiger partial charge in [0.25, 0.3) is 0 Å². The summed E-state index contributed by atoms with van der Waals surface area (Å²) in [5, 5.41) is 5.74. The van der Waals surface area contributed by atoms with Crippen molar-refractivity contribution >= 4 is 11.7 Å². The molecule has 2 atom stereocenters. The smallest absolute Gasteiger partial charge is 0.315 e. The number of aromatic nitrogens is 1. The van der Waals surface area contributed by atoms with E-state index in [1.807, 2.05) is 30.0 Å². The lowest BCUT2D eigenvalue weighted by Gasteiger charge is -2.19. The third-order valence-electron chi connectivity index (χ3n) is 4.58. The fraction of sp³-hybridized carbons (Fsp3) is 0.368. The molecule has 1 aromatic heterocycles. The van der Waals surface area contributed by atoms with E-state index in [0.717, 1.165) is 24.7 Å². The largest absolute Gasteiger partial charge is 0.371 e. The number of urea groups is 1. The number of carbonyl (C=O) groups is 1. The maximum atomic E-state index is 13.4. The van der Waals surface area contributed by atoms with Crippen LogP contribution >= 0.6 is 0 Å². The zero-order chi connectivity index (χ0) is 18.5.